The molecule has 0 saturated heterocycles. The van der Waals surface area contributed by atoms with Crippen molar-refractivity contribution < 1.29 is 4.74 Å². The van der Waals surface area contributed by atoms with Crippen molar-refractivity contribution in [1.82, 2.24) is 0 Å². The molecule has 1 aliphatic carbocycles. The second kappa shape index (κ2) is 3.60. The molecule has 1 heterocycles. The van der Waals surface area contributed by atoms with Crippen LogP contribution in [-0.4, -0.2) is 17.7 Å². The number of fused-ring (bicyclic) bond motifs is 1. The third kappa shape index (κ3) is 1.51. The fraction of sp³-hybridized carbons (Fsp3) is 0.308. The van der Waals surface area contributed by atoms with Crippen LogP contribution in [0.2, 0.25) is 0 Å². The van der Waals surface area contributed by atoms with E-state index in [2.05, 4.69) is 39.6 Å². The molecule has 2 unspecified atom stereocenters. The molecule has 0 bridgehead atoms. The number of nitrogens with two attached hydrogens (primary N) is 1. The molecule has 0 saturated carbocycles. The SMILES string of the molecule is C=CC1OC(N)=NC12Cc1cccc(Br)c1C2. The molecule has 4 heteroatoms. The number of ether oxygens (including phenoxy) is 1. The molecule has 1 aliphatic heterocycles. The van der Waals surface area contributed by atoms with Crippen molar-refractivity contribution in [2.24, 2.45) is 10.7 Å². The van der Waals surface area contributed by atoms with Crippen LogP contribution in [0.3, 0.4) is 0 Å². The van der Waals surface area contributed by atoms with Gasteiger partial charge in [-0.25, -0.2) is 4.99 Å². The van der Waals surface area contributed by atoms with Crippen molar-refractivity contribution in [2.45, 2.75) is 24.5 Å². The molecule has 0 amide bonds. The van der Waals surface area contributed by atoms with Gasteiger partial charge in [-0.1, -0.05) is 34.6 Å². The minimum atomic E-state index is -0.280. The van der Waals surface area contributed by atoms with Gasteiger partial charge in [-0.2, -0.15) is 0 Å². The number of hydrogen-bond donors (Lipinski definition) is 1. The van der Waals surface area contributed by atoms with Gasteiger partial charge in [0.25, 0.3) is 6.02 Å². The van der Waals surface area contributed by atoms with Crippen LogP contribution in [0.25, 0.3) is 0 Å². The zero-order chi connectivity index (χ0) is 12.0. The highest BCUT2D eigenvalue weighted by Crippen LogP contribution is 2.42. The Labute approximate surface area is 109 Å². The Hall–Kier alpha value is -1.29. The average molecular weight is 293 g/mol. The van der Waals surface area contributed by atoms with Crippen LogP contribution in [0.4, 0.5) is 0 Å². The summed E-state index contributed by atoms with van der Waals surface area (Å²) in [5.41, 5.74) is 8.04. The second-order valence-electron chi connectivity index (χ2n) is 4.56. The molecule has 2 N–H and O–H groups in total. The molecule has 1 aromatic rings. The molecule has 2 aliphatic rings. The van der Waals surface area contributed by atoms with Crippen molar-refractivity contribution in [1.29, 1.82) is 0 Å². The van der Waals surface area contributed by atoms with Crippen LogP contribution in [0, 0.1) is 0 Å². The van der Waals surface area contributed by atoms with E-state index >= 15 is 0 Å². The van der Waals surface area contributed by atoms with E-state index in [4.69, 9.17) is 10.5 Å². The van der Waals surface area contributed by atoms with Gasteiger partial charge >= 0.3 is 0 Å². The Morgan fingerprint density at radius 1 is 1.53 bits per heavy atom. The third-order valence-electron chi connectivity index (χ3n) is 3.52. The number of nitrogens with zero attached hydrogens (tertiary/aromatic N) is 1. The van der Waals surface area contributed by atoms with Crippen LogP contribution in [0.15, 0.2) is 40.3 Å². The second-order valence-corrected chi connectivity index (χ2v) is 5.41. The van der Waals surface area contributed by atoms with E-state index in [1.165, 1.54) is 11.1 Å². The van der Waals surface area contributed by atoms with Gasteiger partial charge in [0.15, 0.2) is 0 Å². The summed E-state index contributed by atoms with van der Waals surface area (Å²) in [5.74, 6) is 0. The van der Waals surface area contributed by atoms with E-state index in [0.717, 1.165) is 17.3 Å². The van der Waals surface area contributed by atoms with Crippen LogP contribution >= 0.6 is 15.9 Å². The van der Waals surface area contributed by atoms with Crippen LogP contribution in [-0.2, 0) is 17.6 Å². The highest BCUT2D eigenvalue weighted by molar-refractivity contribution is 9.10. The predicted octanol–water partition coefficient (Wildman–Crippen LogP) is 2.19. The summed E-state index contributed by atoms with van der Waals surface area (Å²) < 4.78 is 6.65. The lowest BCUT2D eigenvalue weighted by Crippen LogP contribution is -2.37. The van der Waals surface area contributed by atoms with Crippen LogP contribution < -0.4 is 5.73 Å². The number of halogens is 1. The van der Waals surface area contributed by atoms with E-state index in [1.807, 2.05) is 6.07 Å². The van der Waals surface area contributed by atoms with Gasteiger partial charge in [0.2, 0.25) is 0 Å². The molecular formula is C13H13BrN2O. The molecule has 2 atom stereocenters. The Balaban J connectivity index is 2.05. The smallest absolute Gasteiger partial charge is 0.283 e. The molecular weight excluding hydrogens is 280 g/mol. The lowest BCUT2D eigenvalue weighted by atomic mass is 9.90. The third-order valence-corrected chi connectivity index (χ3v) is 4.26. The normalized spacial score (nSPS) is 29.9. The number of benzene rings is 1. The maximum Gasteiger partial charge on any atom is 0.283 e. The summed E-state index contributed by atoms with van der Waals surface area (Å²) in [7, 11) is 0. The first-order valence-corrected chi connectivity index (χ1v) is 6.35. The average Bonchev–Trinajstić information content (AvgIpc) is 2.80. The predicted molar refractivity (Wildman–Crippen MR) is 71.0 cm³/mol. The molecule has 1 spiro atoms. The Morgan fingerprint density at radius 2 is 2.35 bits per heavy atom. The number of rotatable bonds is 1. The highest BCUT2D eigenvalue weighted by Gasteiger charge is 2.48. The van der Waals surface area contributed by atoms with Gasteiger partial charge in [-0.15, -0.1) is 0 Å². The number of amidine groups is 1. The monoisotopic (exact) mass is 292 g/mol. The van der Waals surface area contributed by atoms with E-state index < -0.39 is 0 Å². The van der Waals surface area contributed by atoms with Crippen molar-refractivity contribution in [3.8, 4) is 0 Å². The summed E-state index contributed by atoms with van der Waals surface area (Å²) >= 11 is 3.59. The van der Waals surface area contributed by atoms with Crippen molar-refractivity contribution >= 4 is 22.0 Å². The summed E-state index contributed by atoms with van der Waals surface area (Å²) in [5, 5.41) is 0. The summed E-state index contributed by atoms with van der Waals surface area (Å²) in [6, 6.07) is 6.52. The van der Waals surface area contributed by atoms with Crippen LogP contribution in [0.1, 0.15) is 11.1 Å². The van der Waals surface area contributed by atoms with Gasteiger partial charge < -0.3 is 10.5 Å². The lowest BCUT2D eigenvalue weighted by molar-refractivity contribution is 0.184. The van der Waals surface area contributed by atoms with Gasteiger partial charge in [0.05, 0.1) is 0 Å². The molecule has 0 fully saturated rings. The molecule has 3 rings (SSSR count). The number of aliphatic imine (C=N–C) groups is 1. The molecule has 0 aromatic heterocycles. The fourth-order valence-electron chi connectivity index (χ4n) is 2.76. The van der Waals surface area contributed by atoms with E-state index in [1.54, 1.807) is 6.08 Å². The van der Waals surface area contributed by atoms with Gasteiger partial charge in [-0.3, -0.25) is 0 Å². The maximum absolute atomic E-state index is 5.70. The first-order valence-electron chi connectivity index (χ1n) is 5.55. The topological polar surface area (TPSA) is 47.6 Å². The molecule has 3 nitrogen and oxygen atoms in total. The summed E-state index contributed by atoms with van der Waals surface area (Å²) in [6.07, 6.45) is 3.38. The van der Waals surface area contributed by atoms with Crippen molar-refractivity contribution in [3.05, 3.63) is 46.5 Å². The fourth-order valence-corrected chi connectivity index (χ4v) is 3.31. The number of hydrogen-bond acceptors (Lipinski definition) is 3. The zero-order valence-electron chi connectivity index (χ0n) is 9.32. The molecule has 1 aromatic carbocycles. The lowest BCUT2D eigenvalue weighted by Gasteiger charge is -2.23. The highest BCUT2D eigenvalue weighted by atomic mass is 79.9. The van der Waals surface area contributed by atoms with Gasteiger partial charge in [0, 0.05) is 17.3 Å². The van der Waals surface area contributed by atoms with E-state index in [-0.39, 0.29) is 17.7 Å². The summed E-state index contributed by atoms with van der Waals surface area (Å²) in [6.45, 7) is 3.82. The Kier molecular flexibility index (Phi) is 2.30. The standard InChI is InChI=1S/C13H13BrN2O/c1-2-11-13(16-12(15)17-11)6-8-4-3-5-10(14)9(8)7-13/h2-5,11H,1,6-7H2,(H2,15,16). The largest absolute Gasteiger partial charge is 0.455 e. The Morgan fingerprint density at radius 3 is 3.06 bits per heavy atom. The zero-order valence-corrected chi connectivity index (χ0v) is 10.9. The van der Waals surface area contributed by atoms with Gasteiger partial charge in [-0.05, 0) is 23.3 Å². The first kappa shape index (κ1) is 10.8. The quantitative estimate of drug-likeness (QED) is 0.807. The first-order chi connectivity index (χ1) is 8.14. The Bertz CT molecular complexity index is 526. The minimum Gasteiger partial charge on any atom is -0.455 e. The van der Waals surface area contributed by atoms with Gasteiger partial charge in [0.1, 0.15) is 11.6 Å². The van der Waals surface area contributed by atoms with E-state index in [0.29, 0.717) is 0 Å². The van der Waals surface area contributed by atoms with Crippen molar-refractivity contribution in [3.63, 3.8) is 0 Å². The molecule has 88 valence electrons. The van der Waals surface area contributed by atoms with Crippen LogP contribution in [0.5, 0.6) is 0 Å². The van der Waals surface area contributed by atoms with Crippen molar-refractivity contribution in [2.75, 3.05) is 0 Å². The minimum absolute atomic E-state index is 0.123. The molecule has 17 heavy (non-hydrogen) atoms. The summed E-state index contributed by atoms with van der Waals surface area (Å²) in [4.78, 5) is 4.51. The molecule has 0 radical (unpaired) electrons. The van der Waals surface area contributed by atoms with E-state index in [9.17, 15) is 0 Å². The maximum atomic E-state index is 5.70.